The Morgan fingerprint density at radius 1 is 1.20 bits per heavy atom. The first-order chi connectivity index (χ1) is 7.24. The summed E-state index contributed by atoms with van der Waals surface area (Å²) in [5.41, 5.74) is 6.02. The molecule has 2 fully saturated rings. The zero-order valence-corrected chi connectivity index (χ0v) is 9.45. The van der Waals surface area contributed by atoms with Gasteiger partial charge < -0.3 is 10.5 Å². The van der Waals surface area contributed by atoms with Crippen LogP contribution in [-0.2, 0) is 9.53 Å². The predicted octanol–water partition coefficient (Wildman–Crippen LogP) is 1.70. The van der Waals surface area contributed by atoms with Gasteiger partial charge in [0.25, 0.3) is 0 Å². The molecule has 0 radical (unpaired) electrons. The Balaban J connectivity index is 1.99. The second-order valence-corrected chi connectivity index (χ2v) is 5.01. The molecule has 1 unspecified atom stereocenters. The Morgan fingerprint density at radius 3 is 1.93 bits per heavy atom. The summed E-state index contributed by atoms with van der Waals surface area (Å²) < 4.78 is 4.77. The van der Waals surface area contributed by atoms with Crippen molar-refractivity contribution in [2.45, 2.75) is 44.6 Å². The van der Waals surface area contributed by atoms with Crippen molar-refractivity contribution in [3.63, 3.8) is 0 Å². The van der Waals surface area contributed by atoms with Crippen molar-refractivity contribution in [2.75, 3.05) is 7.11 Å². The Hall–Kier alpha value is -0.570. The average molecular weight is 211 g/mol. The molecule has 0 amide bonds. The van der Waals surface area contributed by atoms with Crippen molar-refractivity contribution in [2.24, 2.45) is 23.5 Å². The number of rotatable bonds is 4. The summed E-state index contributed by atoms with van der Waals surface area (Å²) in [6.07, 6.45) is 7.64. The van der Waals surface area contributed by atoms with Crippen LogP contribution in [0.5, 0.6) is 0 Å². The highest BCUT2D eigenvalue weighted by Gasteiger charge is 2.42. The van der Waals surface area contributed by atoms with Crippen LogP contribution >= 0.6 is 0 Å². The van der Waals surface area contributed by atoms with Gasteiger partial charge in [0.2, 0.25) is 0 Å². The van der Waals surface area contributed by atoms with Gasteiger partial charge in [0.05, 0.1) is 7.11 Å². The lowest BCUT2D eigenvalue weighted by Gasteiger charge is -2.44. The van der Waals surface area contributed by atoms with E-state index in [1.165, 1.54) is 45.6 Å². The normalized spacial score (nSPS) is 24.5. The minimum atomic E-state index is -0.384. The molecule has 2 N–H and O–H groups in total. The fourth-order valence-corrected chi connectivity index (χ4v) is 2.91. The molecule has 0 bridgehead atoms. The second kappa shape index (κ2) is 4.52. The molecule has 0 aliphatic heterocycles. The Kier molecular flexibility index (Phi) is 3.29. The molecule has 86 valence electrons. The van der Waals surface area contributed by atoms with Crippen molar-refractivity contribution >= 4 is 5.97 Å². The van der Waals surface area contributed by atoms with Crippen LogP contribution in [0.25, 0.3) is 0 Å². The van der Waals surface area contributed by atoms with E-state index in [0.29, 0.717) is 17.8 Å². The van der Waals surface area contributed by atoms with Gasteiger partial charge in [-0.05, 0) is 17.8 Å². The van der Waals surface area contributed by atoms with Gasteiger partial charge in [-0.3, -0.25) is 4.79 Å². The van der Waals surface area contributed by atoms with Crippen LogP contribution < -0.4 is 5.73 Å². The van der Waals surface area contributed by atoms with Crippen molar-refractivity contribution in [1.29, 1.82) is 0 Å². The molecule has 0 spiro atoms. The van der Waals surface area contributed by atoms with Crippen LogP contribution in [0.3, 0.4) is 0 Å². The lowest BCUT2D eigenvalue weighted by Crippen LogP contribution is -2.49. The summed E-state index contributed by atoms with van der Waals surface area (Å²) in [5.74, 6) is 1.53. The number of carbonyl (C=O) groups is 1. The summed E-state index contributed by atoms with van der Waals surface area (Å²) >= 11 is 0. The summed E-state index contributed by atoms with van der Waals surface area (Å²) in [5, 5.41) is 0. The van der Waals surface area contributed by atoms with E-state index in [-0.39, 0.29) is 12.0 Å². The summed E-state index contributed by atoms with van der Waals surface area (Å²) in [6, 6.07) is -0.384. The molecule has 0 aromatic heterocycles. The lowest BCUT2D eigenvalue weighted by molar-refractivity contribution is -0.146. The van der Waals surface area contributed by atoms with Crippen LogP contribution in [0.15, 0.2) is 0 Å². The maximum atomic E-state index is 11.5. The minimum absolute atomic E-state index is 0.223. The van der Waals surface area contributed by atoms with Crippen molar-refractivity contribution in [1.82, 2.24) is 0 Å². The zero-order chi connectivity index (χ0) is 10.8. The number of methoxy groups -OCH3 is 1. The molecule has 3 heteroatoms. The van der Waals surface area contributed by atoms with E-state index < -0.39 is 0 Å². The van der Waals surface area contributed by atoms with E-state index in [2.05, 4.69) is 0 Å². The maximum absolute atomic E-state index is 11.5. The van der Waals surface area contributed by atoms with E-state index in [4.69, 9.17) is 10.5 Å². The van der Waals surface area contributed by atoms with Crippen LogP contribution in [0.4, 0.5) is 0 Å². The molecule has 2 rings (SSSR count). The highest BCUT2D eigenvalue weighted by Crippen LogP contribution is 2.45. The first-order valence-electron chi connectivity index (χ1n) is 6.07. The first-order valence-corrected chi connectivity index (χ1v) is 6.07. The third-order valence-electron chi connectivity index (χ3n) is 4.28. The summed E-state index contributed by atoms with van der Waals surface area (Å²) in [4.78, 5) is 11.5. The van der Waals surface area contributed by atoms with Crippen molar-refractivity contribution < 1.29 is 9.53 Å². The number of carbonyl (C=O) groups excluding carboxylic acids is 1. The van der Waals surface area contributed by atoms with Crippen LogP contribution in [-0.4, -0.2) is 19.1 Å². The smallest absolute Gasteiger partial charge is 0.322 e. The number of ether oxygens (including phenoxy) is 1. The lowest BCUT2D eigenvalue weighted by atomic mass is 9.62. The van der Waals surface area contributed by atoms with Crippen LogP contribution in [0.2, 0.25) is 0 Å². The summed E-state index contributed by atoms with van der Waals surface area (Å²) in [6.45, 7) is 0. The third kappa shape index (κ3) is 2.03. The fraction of sp³-hybridized carbons (Fsp3) is 0.917. The summed E-state index contributed by atoms with van der Waals surface area (Å²) in [7, 11) is 1.43. The standard InChI is InChI=1S/C12H21NO2/c1-15-12(14)11(13)10(8-4-2-5-8)9-6-3-7-9/h8-11H,2-7,13H2,1H3. The predicted molar refractivity (Wildman–Crippen MR) is 58.2 cm³/mol. The Bertz CT molecular complexity index is 220. The van der Waals surface area contributed by atoms with E-state index in [1.807, 2.05) is 0 Å². The van der Waals surface area contributed by atoms with E-state index in [1.54, 1.807) is 0 Å². The van der Waals surface area contributed by atoms with E-state index in [9.17, 15) is 4.79 Å². The van der Waals surface area contributed by atoms with Gasteiger partial charge >= 0.3 is 5.97 Å². The molecule has 2 saturated carbocycles. The molecule has 2 aliphatic carbocycles. The van der Waals surface area contributed by atoms with Gasteiger partial charge in [0, 0.05) is 0 Å². The first kappa shape index (κ1) is 10.9. The monoisotopic (exact) mass is 211 g/mol. The van der Waals surface area contributed by atoms with Crippen LogP contribution in [0.1, 0.15) is 38.5 Å². The van der Waals surface area contributed by atoms with Gasteiger partial charge in [0.15, 0.2) is 0 Å². The Morgan fingerprint density at radius 2 is 1.67 bits per heavy atom. The number of hydrogen-bond donors (Lipinski definition) is 1. The molecule has 0 saturated heterocycles. The zero-order valence-electron chi connectivity index (χ0n) is 9.45. The van der Waals surface area contributed by atoms with Crippen molar-refractivity contribution in [3.05, 3.63) is 0 Å². The van der Waals surface area contributed by atoms with Crippen molar-refractivity contribution in [3.8, 4) is 0 Å². The highest BCUT2D eigenvalue weighted by molar-refractivity contribution is 5.75. The van der Waals surface area contributed by atoms with Crippen LogP contribution in [0, 0.1) is 17.8 Å². The molecule has 0 aromatic rings. The van der Waals surface area contributed by atoms with E-state index >= 15 is 0 Å². The van der Waals surface area contributed by atoms with Gasteiger partial charge in [-0.15, -0.1) is 0 Å². The molecule has 3 nitrogen and oxygen atoms in total. The fourth-order valence-electron chi connectivity index (χ4n) is 2.91. The third-order valence-corrected chi connectivity index (χ3v) is 4.28. The van der Waals surface area contributed by atoms with Gasteiger partial charge in [-0.1, -0.05) is 38.5 Å². The largest absolute Gasteiger partial charge is 0.468 e. The molecule has 2 aliphatic rings. The van der Waals surface area contributed by atoms with Gasteiger partial charge in [0.1, 0.15) is 6.04 Å². The molecular weight excluding hydrogens is 190 g/mol. The molecule has 0 heterocycles. The minimum Gasteiger partial charge on any atom is -0.468 e. The maximum Gasteiger partial charge on any atom is 0.322 e. The van der Waals surface area contributed by atoms with Gasteiger partial charge in [-0.2, -0.15) is 0 Å². The number of hydrogen-bond acceptors (Lipinski definition) is 3. The Labute approximate surface area is 91.4 Å². The molecule has 0 aromatic carbocycles. The number of esters is 1. The van der Waals surface area contributed by atoms with E-state index in [0.717, 1.165) is 0 Å². The number of nitrogens with two attached hydrogens (primary N) is 1. The quantitative estimate of drug-likeness (QED) is 0.720. The molecule has 1 atom stereocenters. The SMILES string of the molecule is COC(=O)C(N)C(C1CCC1)C1CCC1. The highest BCUT2D eigenvalue weighted by atomic mass is 16.5. The van der Waals surface area contributed by atoms with Gasteiger partial charge in [-0.25, -0.2) is 0 Å². The topological polar surface area (TPSA) is 52.3 Å². The molecule has 15 heavy (non-hydrogen) atoms. The second-order valence-electron chi connectivity index (χ2n) is 5.01. The average Bonchev–Trinajstić information content (AvgIpc) is 2.08. The molecular formula is C12H21NO2.